The molecule has 0 radical (unpaired) electrons. The first-order valence-electron chi connectivity index (χ1n) is 8.32. The number of hydrogen-bond acceptors (Lipinski definition) is 4. The molecule has 0 unspecified atom stereocenters. The quantitative estimate of drug-likeness (QED) is 0.235. The van der Waals surface area contributed by atoms with Crippen LogP contribution in [0.1, 0.15) is 26.7 Å². The van der Waals surface area contributed by atoms with Crippen LogP contribution < -0.4 is 11.1 Å². The maximum absolute atomic E-state index is 5.88. The van der Waals surface area contributed by atoms with Crippen LogP contribution in [0.15, 0.2) is 4.99 Å². The highest BCUT2D eigenvalue weighted by Gasteiger charge is 2.08. The van der Waals surface area contributed by atoms with Gasteiger partial charge < -0.3 is 20.7 Å². The highest BCUT2D eigenvalue weighted by Crippen LogP contribution is 1.97. The zero-order valence-corrected chi connectivity index (χ0v) is 16.6. The van der Waals surface area contributed by atoms with Gasteiger partial charge in [-0.2, -0.15) is 0 Å². The van der Waals surface area contributed by atoms with Crippen LogP contribution in [0, 0.1) is 0 Å². The Balaban J connectivity index is 0.00000441. The largest absolute Gasteiger partial charge is 0.379 e. The first kappa shape index (κ1) is 21.9. The van der Waals surface area contributed by atoms with Crippen molar-refractivity contribution in [3.8, 4) is 0 Å². The predicted molar refractivity (Wildman–Crippen MR) is 104 cm³/mol. The van der Waals surface area contributed by atoms with Crippen LogP contribution in [0.2, 0.25) is 0 Å². The van der Waals surface area contributed by atoms with E-state index in [4.69, 9.17) is 10.5 Å². The van der Waals surface area contributed by atoms with Gasteiger partial charge in [0.05, 0.1) is 13.2 Å². The number of guanidine groups is 1. The van der Waals surface area contributed by atoms with Crippen molar-refractivity contribution in [3.05, 3.63) is 0 Å². The van der Waals surface area contributed by atoms with Crippen LogP contribution in [0.3, 0.4) is 0 Å². The second-order valence-electron chi connectivity index (χ2n) is 5.44. The third-order valence-electron chi connectivity index (χ3n) is 3.74. The monoisotopic (exact) mass is 427 g/mol. The summed E-state index contributed by atoms with van der Waals surface area (Å²) in [4.78, 5) is 9.22. The molecule has 0 bridgehead atoms. The number of morpholine rings is 1. The Morgan fingerprint density at radius 1 is 1.27 bits per heavy atom. The highest BCUT2D eigenvalue weighted by atomic mass is 127. The number of aliphatic imine (C=N–C) groups is 1. The highest BCUT2D eigenvalue weighted by molar-refractivity contribution is 14.0. The van der Waals surface area contributed by atoms with Gasteiger partial charge in [-0.25, -0.2) is 0 Å². The van der Waals surface area contributed by atoms with Crippen LogP contribution in [0.5, 0.6) is 0 Å². The number of nitrogens with one attached hydrogen (secondary N) is 1. The number of likely N-dealkylation sites (N-methyl/N-ethyl adjacent to an activating group) is 1. The molecule has 0 atom stereocenters. The summed E-state index contributed by atoms with van der Waals surface area (Å²) >= 11 is 0. The van der Waals surface area contributed by atoms with Gasteiger partial charge in [-0.1, -0.05) is 13.8 Å². The van der Waals surface area contributed by atoms with E-state index in [1.54, 1.807) is 0 Å². The molecule has 6 nitrogen and oxygen atoms in total. The predicted octanol–water partition coefficient (Wildman–Crippen LogP) is 0.963. The lowest BCUT2D eigenvalue weighted by Crippen LogP contribution is -2.39. The Morgan fingerprint density at radius 3 is 2.64 bits per heavy atom. The Bertz CT molecular complexity index is 285. The van der Waals surface area contributed by atoms with Gasteiger partial charge in [0.25, 0.3) is 0 Å². The van der Waals surface area contributed by atoms with Crippen molar-refractivity contribution in [3.63, 3.8) is 0 Å². The van der Waals surface area contributed by atoms with Crippen molar-refractivity contribution in [1.29, 1.82) is 0 Å². The Hall–Kier alpha value is -0.120. The molecule has 3 N–H and O–H groups in total. The molecule has 7 heteroatoms. The van der Waals surface area contributed by atoms with E-state index in [2.05, 4.69) is 34.0 Å². The summed E-state index contributed by atoms with van der Waals surface area (Å²) in [6, 6.07) is 0. The van der Waals surface area contributed by atoms with Crippen molar-refractivity contribution in [2.45, 2.75) is 26.7 Å². The van der Waals surface area contributed by atoms with Gasteiger partial charge in [0.2, 0.25) is 0 Å². The van der Waals surface area contributed by atoms with Crippen LogP contribution in [-0.2, 0) is 4.74 Å². The average Bonchev–Trinajstić information content (AvgIpc) is 2.51. The molecule has 1 rings (SSSR count). The molecule has 132 valence electrons. The molecule has 0 aliphatic carbocycles. The normalized spacial score (nSPS) is 16.6. The summed E-state index contributed by atoms with van der Waals surface area (Å²) in [5.74, 6) is 0.574. The minimum absolute atomic E-state index is 0. The van der Waals surface area contributed by atoms with Crippen molar-refractivity contribution in [2.75, 3.05) is 65.6 Å². The van der Waals surface area contributed by atoms with Crippen molar-refractivity contribution in [1.82, 2.24) is 15.1 Å². The third-order valence-corrected chi connectivity index (χ3v) is 3.74. The molecule has 0 aromatic carbocycles. The molecule has 1 aliphatic heterocycles. The average molecular weight is 427 g/mol. The van der Waals surface area contributed by atoms with E-state index in [0.29, 0.717) is 5.96 Å². The van der Waals surface area contributed by atoms with Gasteiger partial charge >= 0.3 is 0 Å². The minimum Gasteiger partial charge on any atom is -0.379 e. The van der Waals surface area contributed by atoms with Gasteiger partial charge in [-0.05, 0) is 25.9 Å². The van der Waals surface area contributed by atoms with Gasteiger partial charge in [0, 0.05) is 39.3 Å². The van der Waals surface area contributed by atoms with Gasteiger partial charge in [-0.3, -0.25) is 9.89 Å². The standard InChI is InChI=1S/C15H33N5O.HI/c1-3-8-19(4-2)10-7-18-15(16)17-6-5-9-20-11-13-21-14-12-20;/h3-14H2,1-2H3,(H3,16,17,18);1H. The topological polar surface area (TPSA) is 66.1 Å². The van der Waals surface area contributed by atoms with E-state index >= 15 is 0 Å². The minimum atomic E-state index is 0. The Labute approximate surface area is 152 Å². The van der Waals surface area contributed by atoms with Gasteiger partial charge in [0.15, 0.2) is 5.96 Å². The summed E-state index contributed by atoms with van der Waals surface area (Å²) in [5.41, 5.74) is 5.88. The molecule has 1 fully saturated rings. The van der Waals surface area contributed by atoms with E-state index in [9.17, 15) is 0 Å². The van der Waals surface area contributed by atoms with E-state index in [0.717, 1.165) is 72.0 Å². The molecule has 1 heterocycles. The summed E-state index contributed by atoms with van der Waals surface area (Å²) in [7, 11) is 0. The molecule has 0 saturated carbocycles. The van der Waals surface area contributed by atoms with Crippen LogP contribution in [-0.4, -0.2) is 81.3 Å². The molecule has 1 saturated heterocycles. The smallest absolute Gasteiger partial charge is 0.188 e. The Kier molecular flexibility index (Phi) is 14.4. The fourth-order valence-corrected chi connectivity index (χ4v) is 2.46. The number of halogens is 1. The Morgan fingerprint density at radius 2 is 2.00 bits per heavy atom. The molecule has 0 aromatic rings. The number of ether oxygens (including phenoxy) is 1. The van der Waals surface area contributed by atoms with Crippen LogP contribution in [0.4, 0.5) is 0 Å². The van der Waals surface area contributed by atoms with E-state index in [1.165, 1.54) is 6.42 Å². The van der Waals surface area contributed by atoms with Crippen LogP contribution >= 0.6 is 24.0 Å². The van der Waals surface area contributed by atoms with E-state index in [-0.39, 0.29) is 24.0 Å². The third kappa shape index (κ3) is 10.6. The molecule has 0 spiro atoms. The first-order chi connectivity index (χ1) is 10.3. The van der Waals surface area contributed by atoms with Crippen molar-refractivity contribution < 1.29 is 4.74 Å². The first-order valence-corrected chi connectivity index (χ1v) is 8.32. The molecule has 0 aromatic heterocycles. The summed E-state index contributed by atoms with van der Waals surface area (Å²) in [6.45, 7) is 14.2. The lowest BCUT2D eigenvalue weighted by Gasteiger charge is -2.26. The maximum Gasteiger partial charge on any atom is 0.188 e. The van der Waals surface area contributed by atoms with Crippen LogP contribution in [0.25, 0.3) is 0 Å². The maximum atomic E-state index is 5.88. The lowest BCUT2D eigenvalue weighted by molar-refractivity contribution is 0.0377. The number of rotatable bonds is 10. The zero-order valence-electron chi connectivity index (χ0n) is 14.2. The molecular weight excluding hydrogens is 393 g/mol. The van der Waals surface area contributed by atoms with E-state index in [1.807, 2.05) is 0 Å². The number of nitrogens with zero attached hydrogens (tertiary/aromatic N) is 3. The fourth-order valence-electron chi connectivity index (χ4n) is 2.46. The fraction of sp³-hybridized carbons (Fsp3) is 0.933. The van der Waals surface area contributed by atoms with Gasteiger partial charge in [0.1, 0.15) is 0 Å². The molecule has 0 amide bonds. The molecule has 22 heavy (non-hydrogen) atoms. The SMILES string of the molecule is CCCN(CC)CCNC(N)=NCCCN1CCOCC1.I. The van der Waals surface area contributed by atoms with Crippen molar-refractivity contribution in [2.24, 2.45) is 10.7 Å². The van der Waals surface area contributed by atoms with Gasteiger partial charge in [-0.15, -0.1) is 24.0 Å². The number of nitrogens with two attached hydrogens (primary N) is 1. The molecule has 1 aliphatic rings. The second-order valence-corrected chi connectivity index (χ2v) is 5.44. The summed E-state index contributed by atoms with van der Waals surface area (Å²) in [6.07, 6.45) is 2.25. The lowest BCUT2D eigenvalue weighted by atomic mass is 10.3. The zero-order chi connectivity index (χ0) is 15.3. The number of hydrogen-bond donors (Lipinski definition) is 2. The van der Waals surface area contributed by atoms with Crippen molar-refractivity contribution >= 4 is 29.9 Å². The summed E-state index contributed by atoms with van der Waals surface area (Å²) in [5, 5.41) is 3.20. The second kappa shape index (κ2) is 14.5. The molecular formula is C15H34IN5O. The van der Waals surface area contributed by atoms with E-state index < -0.39 is 0 Å². The summed E-state index contributed by atoms with van der Waals surface area (Å²) < 4.78 is 5.33.